The zero-order valence-corrected chi connectivity index (χ0v) is 9.70. The Morgan fingerprint density at radius 1 is 1.33 bits per heavy atom. The summed E-state index contributed by atoms with van der Waals surface area (Å²) in [6, 6.07) is 4.19. The van der Waals surface area contributed by atoms with Crippen molar-refractivity contribution in [1.29, 1.82) is 0 Å². The van der Waals surface area contributed by atoms with Crippen molar-refractivity contribution < 1.29 is 0 Å². The molecule has 3 nitrogen and oxygen atoms in total. The summed E-state index contributed by atoms with van der Waals surface area (Å²) in [5, 5.41) is 4.52. The Labute approximate surface area is 90.1 Å². The van der Waals surface area contributed by atoms with E-state index < -0.39 is 0 Å². The Morgan fingerprint density at radius 2 is 2.07 bits per heavy atom. The molecule has 0 aromatic carbocycles. The van der Waals surface area contributed by atoms with Crippen LogP contribution in [0.5, 0.6) is 0 Å². The average molecular weight is 203 g/mol. The summed E-state index contributed by atoms with van der Waals surface area (Å²) >= 11 is 0. The summed E-state index contributed by atoms with van der Waals surface area (Å²) in [5.41, 5.74) is 3.56. The lowest BCUT2D eigenvalue weighted by Gasteiger charge is -2.17. The Morgan fingerprint density at radius 3 is 2.53 bits per heavy atom. The van der Waals surface area contributed by atoms with Crippen LogP contribution in [0.1, 0.15) is 26.5 Å². The van der Waals surface area contributed by atoms with Gasteiger partial charge in [-0.1, -0.05) is 20.8 Å². The van der Waals surface area contributed by atoms with Crippen molar-refractivity contribution in [2.45, 2.75) is 26.2 Å². The molecule has 0 radical (unpaired) electrons. The number of aromatic nitrogens is 3. The zero-order chi connectivity index (χ0) is 11.1. The Bertz CT molecular complexity index is 444. The number of nitrogens with one attached hydrogen (secondary N) is 1. The molecule has 0 saturated heterocycles. The van der Waals surface area contributed by atoms with Crippen LogP contribution in [0.3, 0.4) is 0 Å². The molecule has 0 amide bonds. The standard InChI is InChI=1S/C12H17N3/c1-12(2,3)11-7-10(14-15(11)4)9-5-6-13-8-9/h5-8,13H,1-4H3. The van der Waals surface area contributed by atoms with Gasteiger partial charge in [-0.3, -0.25) is 4.68 Å². The number of hydrogen-bond acceptors (Lipinski definition) is 1. The van der Waals surface area contributed by atoms with Crippen LogP contribution >= 0.6 is 0 Å². The molecule has 0 fully saturated rings. The van der Waals surface area contributed by atoms with E-state index >= 15 is 0 Å². The molecule has 0 saturated carbocycles. The molecular formula is C12H17N3. The maximum atomic E-state index is 4.52. The molecule has 0 aliphatic rings. The highest BCUT2D eigenvalue weighted by Gasteiger charge is 2.19. The van der Waals surface area contributed by atoms with Gasteiger partial charge in [-0.05, 0) is 12.1 Å². The first-order chi connectivity index (χ1) is 6.98. The van der Waals surface area contributed by atoms with Gasteiger partial charge < -0.3 is 4.98 Å². The minimum atomic E-state index is 0.135. The van der Waals surface area contributed by atoms with E-state index in [1.165, 1.54) is 5.69 Å². The summed E-state index contributed by atoms with van der Waals surface area (Å²) < 4.78 is 1.96. The van der Waals surface area contributed by atoms with Gasteiger partial charge in [-0.25, -0.2) is 0 Å². The van der Waals surface area contributed by atoms with Gasteiger partial charge in [0.25, 0.3) is 0 Å². The Balaban J connectivity index is 2.47. The first-order valence-electron chi connectivity index (χ1n) is 5.16. The lowest BCUT2D eigenvalue weighted by molar-refractivity contribution is 0.523. The molecule has 15 heavy (non-hydrogen) atoms. The van der Waals surface area contributed by atoms with Gasteiger partial charge in [0.1, 0.15) is 0 Å². The van der Waals surface area contributed by atoms with E-state index in [1.807, 2.05) is 30.2 Å². The highest BCUT2D eigenvalue weighted by atomic mass is 15.3. The quantitative estimate of drug-likeness (QED) is 0.759. The van der Waals surface area contributed by atoms with E-state index in [0.29, 0.717) is 0 Å². The van der Waals surface area contributed by atoms with Gasteiger partial charge in [0.15, 0.2) is 0 Å². The molecule has 0 aliphatic heterocycles. The molecule has 0 aliphatic carbocycles. The fourth-order valence-electron chi connectivity index (χ4n) is 1.79. The number of H-pyrrole nitrogens is 1. The average Bonchev–Trinajstić information content (AvgIpc) is 2.68. The fraction of sp³-hybridized carbons (Fsp3) is 0.417. The van der Waals surface area contributed by atoms with Gasteiger partial charge in [0.05, 0.1) is 5.69 Å². The SMILES string of the molecule is Cn1nc(-c2cc[nH]c2)cc1C(C)(C)C. The topological polar surface area (TPSA) is 33.6 Å². The smallest absolute Gasteiger partial charge is 0.0941 e. The predicted molar refractivity (Wildman–Crippen MR) is 61.7 cm³/mol. The summed E-state index contributed by atoms with van der Waals surface area (Å²) in [5.74, 6) is 0. The molecule has 3 heteroatoms. The van der Waals surface area contributed by atoms with Gasteiger partial charge in [-0.15, -0.1) is 0 Å². The van der Waals surface area contributed by atoms with Crippen molar-refractivity contribution in [3.63, 3.8) is 0 Å². The molecule has 0 spiro atoms. The molecule has 0 unspecified atom stereocenters. The normalized spacial score (nSPS) is 12.0. The minimum Gasteiger partial charge on any atom is -0.367 e. The van der Waals surface area contributed by atoms with Gasteiger partial charge in [0, 0.05) is 36.1 Å². The van der Waals surface area contributed by atoms with E-state index in [4.69, 9.17) is 0 Å². The Hall–Kier alpha value is -1.51. The second kappa shape index (κ2) is 3.26. The highest BCUT2D eigenvalue weighted by Crippen LogP contribution is 2.26. The highest BCUT2D eigenvalue weighted by molar-refractivity contribution is 5.58. The van der Waals surface area contributed by atoms with Crippen molar-refractivity contribution in [3.8, 4) is 11.3 Å². The van der Waals surface area contributed by atoms with Crippen LogP contribution in [-0.2, 0) is 12.5 Å². The van der Waals surface area contributed by atoms with Crippen LogP contribution in [0.25, 0.3) is 11.3 Å². The molecule has 2 heterocycles. The lowest BCUT2D eigenvalue weighted by Crippen LogP contribution is -2.16. The van der Waals surface area contributed by atoms with Crippen LogP contribution in [0, 0.1) is 0 Å². The third kappa shape index (κ3) is 1.82. The molecule has 2 rings (SSSR count). The van der Waals surface area contributed by atoms with Crippen LogP contribution in [0.4, 0.5) is 0 Å². The molecule has 0 bridgehead atoms. The summed E-state index contributed by atoms with van der Waals surface area (Å²) in [6.07, 6.45) is 3.88. The van der Waals surface area contributed by atoms with Gasteiger partial charge in [0.2, 0.25) is 0 Å². The van der Waals surface area contributed by atoms with E-state index in [9.17, 15) is 0 Å². The van der Waals surface area contributed by atoms with E-state index in [0.717, 1.165) is 11.3 Å². The molecule has 2 aromatic rings. The number of nitrogens with zero attached hydrogens (tertiary/aromatic N) is 2. The van der Waals surface area contributed by atoms with Crippen LogP contribution < -0.4 is 0 Å². The largest absolute Gasteiger partial charge is 0.367 e. The van der Waals surface area contributed by atoms with Crippen LogP contribution in [0.2, 0.25) is 0 Å². The van der Waals surface area contributed by atoms with Crippen molar-refractivity contribution in [3.05, 3.63) is 30.2 Å². The summed E-state index contributed by atoms with van der Waals surface area (Å²) in [7, 11) is 2.00. The number of hydrogen-bond donors (Lipinski definition) is 1. The van der Waals surface area contributed by atoms with Gasteiger partial charge >= 0.3 is 0 Å². The maximum absolute atomic E-state index is 4.52. The van der Waals surface area contributed by atoms with E-state index in [1.54, 1.807) is 0 Å². The first-order valence-corrected chi connectivity index (χ1v) is 5.16. The van der Waals surface area contributed by atoms with E-state index in [-0.39, 0.29) is 5.41 Å². The van der Waals surface area contributed by atoms with Crippen molar-refractivity contribution in [2.24, 2.45) is 7.05 Å². The van der Waals surface area contributed by atoms with Crippen LogP contribution in [-0.4, -0.2) is 14.8 Å². The monoisotopic (exact) mass is 203 g/mol. The molecule has 2 aromatic heterocycles. The molecular weight excluding hydrogens is 186 g/mol. The maximum Gasteiger partial charge on any atom is 0.0941 e. The summed E-state index contributed by atoms with van der Waals surface area (Å²) in [6.45, 7) is 6.60. The minimum absolute atomic E-state index is 0.135. The van der Waals surface area contributed by atoms with Crippen LogP contribution in [0.15, 0.2) is 24.5 Å². The third-order valence-electron chi connectivity index (χ3n) is 2.54. The zero-order valence-electron chi connectivity index (χ0n) is 9.70. The van der Waals surface area contributed by atoms with Crippen molar-refractivity contribution >= 4 is 0 Å². The van der Waals surface area contributed by atoms with Crippen molar-refractivity contribution in [1.82, 2.24) is 14.8 Å². The third-order valence-corrected chi connectivity index (χ3v) is 2.54. The molecule has 0 atom stereocenters. The predicted octanol–water partition coefficient (Wildman–Crippen LogP) is 2.71. The number of rotatable bonds is 1. The first kappa shape index (κ1) is 10.0. The second-order valence-electron chi connectivity index (χ2n) is 4.89. The fourth-order valence-corrected chi connectivity index (χ4v) is 1.79. The van der Waals surface area contributed by atoms with E-state index in [2.05, 4.69) is 36.9 Å². The number of aromatic amines is 1. The van der Waals surface area contributed by atoms with Gasteiger partial charge in [-0.2, -0.15) is 5.10 Å². The lowest BCUT2D eigenvalue weighted by atomic mass is 9.92. The number of aryl methyl sites for hydroxylation is 1. The molecule has 80 valence electrons. The van der Waals surface area contributed by atoms with Crippen molar-refractivity contribution in [2.75, 3.05) is 0 Å². The Kier molecular flexibility index (Phi) is 2.18. The summed E-state index contributed by atoms with van der Waals surface area (Å²) in [4.78, 5) is 3.05. The molecule has 1 N–H and O–H groups in total. The second-order valence-corrected chi connectivity index (χ2v) is 4.89.